The first kappa shape index (κ1) is 13.0. The van der Waals surface area contributed by atoms with Gasteiger partial charge in [0.15, 0.2) is 0 Å². The molecular weight excluding hydrogens is 200 g/mol. The van der Waals surface area contributed by atoms with Gasteiger partial charge in [-0.1, -0.05) is 19.9 Å². The molecule has 0 aliphatic rings. The number of ether oxygens (including phenoxy) is 1. The Balaban J connectivity index is 3.20. The van der Waals surface area contributed by atoms with Gasteiger partial charge in [-0.3, -0.25) is 0 Å². The standard InChI is InChI=1S/C14H22O2/c1-9(2)13(8-15)12-6-7-14(16-5)11(4)10(12)3/h6-7,9,13,15H,8H2,1-5H3. The molecule has 1 atom stereocenters. The lowest BCUT2D eigenvalue weighted by molar-refractivity contribution is 0.237. The summed E-state index contributed by atoms with van der Waals surface area (Å²) < 4.78 is 5.29. The highest BCUT2D eigenvalue weighted by molar-refractivity contribution is 5.45. The van der Waals surface area contributed by atoms with Crippen molar-refractivity contribution in [1.82, 2.24) is 0 Å². The van der Waals surface area contributed by atoms with Crippen LogP contribution in [0.4, 0.5) is 0 Å². The van der Waals surface area contributed by atoms with Crippen molar-refractivity contribution in [2.24, 2.45) is 5.92 Å². The molecule has 1 rings (SSSR count). The number of benzene rings is 1. The first-order chi connectivity index (χ1) is 7.52. The molecule has 0 bridgehead atoms. The molecule has 90 valence electrons. The molecule has 2 nitrogen and oxygen atoms in total. The van der Waals surface area contributed by atoms with E-state index in [1.54, 1.807) is 7.11 Å². The third-order valence-corrected chi connectivity index (χ3v) is 3.40. The van der Waals surface area contributed by atoms with Gasteiger partial charge in [0.05, 0.1) is 13.7 Å². The van der Waals surface area contributed by atoms with E-state index in [4.69, 9.17) is 4.74 Å². The first-order valence-electron chi connectivity index (χ1n) is 5.77. The molecule has 0 amide bonds. The Bertz CT molecular complexity index is 356. The van der Waals surface area contributed by atoms with E-state index in [9.17, 15) is 5.11 Å². The molecule has 0 heterocycles. The molecule has 0 fully saturated rings. The van der Waals surface area contributed by atoms with Crippen LogP contribution in [0.25, 0.3) is 0 Å². The summed E-state index contributed by atoms with van der Waals surface area (Å²) in [6, 6.07) is 4.06. The molecule has 2 heteroatoms. The van der Waals surface area contributed by atoms with Gasteiger partial charge in [0, 0.05) is 5.92 Å². The van der Waals surface area contributed by atoms with E-state index in [1.807, 2.05) is 6.07 Å². The number of aliphatic hydroxyl groups excluding tert-OH is 1. The SMILES string of the molecule is COc1ccc(C(CO)C(C)C)c(C)c1C. The zero-order chi connectivity index (χ0) is 12.3. The molecule has 16 heavy (non-hydrogen) atoms. The van der Waals surface area contributed by atoms with Crippen LogP contribution < -0.4 is 4.74 Å². The highest BCUT2D eigenvalue weighted by atomic mass is 16.5. The molecule has 1 aromatic carbocycles. The summed E-state index contributed by atoms with van der Waals surface area (Å²) in [7, 11) is 1.69. The van der Waals surface area contributed by atoms with Gasteiger partial charge >= 0.3 is 0 Å². The van der Waals surface area contributed by atoms with E-state index < -0.39 is 0 Å². The summed E-state index contributed by atoms with van der Waals surface area (Å²) in [5, 5.41) is 9.46. The van der Waals surface area contributed by atoms with Crippen molar-refractivity contribution in [2.45, 2.75) is 33.6 Å². The van der Waals surface area contributed by atoms with Crippen LogP contribution in [0.15, 0.2) is 12.1 Å². The van der Waals surface area contributed by atoms with Crippen molar-refractivity contribution in [3.63, 3.8) is 0 Å². The highest BCUT2D eigenvalue weighted by Gasteiger charge is 2.18. The van der Waals surface area contributed by atoms with Crippen LogP contribution in [0, 0.1) is 19.8 Å². The molecule has 0 spiro atoms. The quantitative estimate of drug-likeness (QED) is 0.848. The Kier molecular flexibility index (Phi) is 4.36. The Morgan fingerprint density at radius 1 is 1.19 bits per heavy atom. The molecule has 1 aromatic rings. The Morgan fingerprint density at radius 2 is 1.81 bits per heavy atom. The minimum Gasteiger partial charge on any atom is -0.496 e. The molecule has 0 radical (unpaired) electrons. The predicted octanol–water partition coefficient (Wildman–Crippen LogP) is 3.04. The monoisotopic (exact) mass is 222 g/mol. The van der Waals surface area contributed by atoms with E-state index in [2.05, 4.69) is 33.8 Å². The van der Waals surface area contributed by atoms with Crippen LogP contribution in [-0.4, -0.2) is 18.8 Å². The maximum atomic E-state index is 9.46. The van der Waals surface area contributed by atoms with Gasteiger partial charge in [-0.2, -0.15) is 0 Å². The predicted molar refractivity (Wildman–Crippen MR) is 67.1 cm³/mol. The van der Waals surface area contributed by atoms with Crippen LogP contribution in [0.2, 0.25) is 0 Å². The molecule has 1 N–H and O–H groups in total. The van der Waals surface area contributed by atoms with Gasteiger partial charge in [0.25, 0.3) is 0 Å². The van der Waals surface area contributed by atoms with Crippen LogP contribution >= 0.6 is 0 Å². The maximum Gasteiger partial charge on any atom is 0.122 e. The van der Waals surface area contributed by atoms with E-state index in [1.165, 1.54) is 16.7 Å². The zero-order valence-corrected chi connectivity index (χ0v) is 10.9. The average molecular weight is 222 g/mol. The van der Waals surface area contributed by atoms with Crippen LogP contribution in [-0.2, 0) is 0 Å². The van der Waals surface area contributed by atoms with Gasteiger partial charge in [-0.15, -0.1) is 0 Å². The van der Waals surface area contributed by atoms with Crippen molar-refractivity contribution in [3.05, 3.63) is 28.8 Å². The third kappa shape index (κ3) is 2.38. The summed E-state index contributed by atoms with van der Waals surface area (Å²) >= 11 is 0. The number of aliphatic hydroxyl groups is 1. The van der Waals surface area contributed by atoms with E-state index in [0.717, 1.165) is 5.75 Å². The summed E-state index contributed by atoms with van der Waals surface area (Å²) in [5.41, 5.74) is 3.63. The molecular formula is C14H22O2. The van der Waals surface area contributed by atoms with Gasteiger partial charge in [-0.25, -0.2) is 0 Å². The lowest BCUT2D eigenvalue weighted by atomic mass is 9.85. The number of methoxy groups -OCH3 is 1. The molecule has 0 aliphatic heterocycles. The minimum atomic E-state index is 0.199. The van der Waals surface area contributed by atoms with Crippen LogP contribution in [0.1, 0.15) is 36.5 Å². The largest absolute Gasteiger partial charge is 0.496 e. The van der Waals surface area contributed by atoms with Crippen molar-refractivity contribution >= 4 is 0 Å². The van der Waals surface area contributed by atoms with Gasteiger partial charge in [-0.05, 0) is 42.5 Å². The molecule has 1 unspecified atom stereocenters. The molecule has 0 saturated carbocycles. The number of hydrogen-bond donors (Lipinski definition) is 1. The normalized spacial score (nSPS) is 12.9. The van der Waals surface area contributed by atoms with E-state index in [-0.39, 0.29) is 12.5 Å². The fourth-order valence-electron chi connectivity index (χ4n) is 2.11. The second-order valence-corrected chi connectivity index (χ2v) is 4.64. The van der Waals surface area contributed by atoms with Crippen LogP contribution in [0.5, 0.6) is 5.75 Å². The average Bonchev–Trinajstić information content (AvgIpc) is 2.25. The Hall–Kier alpha value is -1.02. The topological polar surface area (TPSA) is 29.5 Å². The van der Waals surface area contributed by atoms with Crippen LogP contribution in [0.3, 0.4) is 0 Å². The summed E-state index contributed by atoms with van der Waals surface area (Å²) in [6.45, 7) is 8.63. The third-order valence-electron chi connectivity index (χ3n) is 3.40. The van der Waals surface area contributed by atoms with E-state index >= 15 is 0 Å². The fraction of sp³-hybridized carbons (Fsp3) is 0.571. The van der Waals surface area contributed by atoms with Crippen molar-refractivity contribution in [2.75, 3.05) is 13.7 Å². The maximum absolute atomic E-state index is 9.46. The van der Waals surface area contributed by atoms with Crippen molar-refractivity contribution in [1.29, 1.82) is 0 Å². The number of hydrogen-bond acceptors (Lipinski definition) is 2. The summed E-state index contributed by atoms with van der Waals surface area (Å²) in [4.78, 5) is 0. The zero-order valence-electron chi connectivity index (χ0n) is 10.9. The summed E-state index contributed by atoms with van der Waals surface area (Å²) in [5.74, 6) is 1.57. The lowest BCUT2D eigenvalue weighted by Crippen LogP contribution is -2.13. The fourth-order valence-corrected chi connectivity index (χ4v) is 2.11. The molecule has 0 saturated heterocycles. The second kappa shape index (κ2) is 5.35. The minimum absolute atomic E-state index is 0.199. The number of rotatable bonds is 4. The highest BCUT2D eigenvalue weighted by Crippen LogP contribution is 2.32. The smallest absolute Gasteiger partial charge is 0.122 e. The Morgan fingerprint density at radius 3 is 2.25 bits per heavy atom. The summed E-state index contributed by atoms with van der Waals surface area (Å²) in [6.07, 6.45) is 0. The van der Waals surface area contributed by atoms with Gasteiger partial charge in [0.2, 0.25) is 0 Å². The molecule has 0 aromatic heterocycles. The van der Waals surface area contributed by atoms with Gasteiger partial charge in [0.1, 0.15) is 5.75 Å². The van der Waals surface area contributed by atoms with Gasteiger partial charge < -0.3 is 9.84 Å². The lowest BCUT2D eigenvalue weighted by Gasteiger charge is -2.22. The van der Waals surface area contributed by atoms with Crippen molar-refractivity contribution < 1.29 is 9.84 Å². The molecule has 0 aliphatic carbocycles. The second-order valence-electron chi connectivity index (χ2n) is 4.64. The van der Waals surface area contributed by atoms with E-state index in [0.29, 0.717) is 5.92 Å². The Labute approximate surface area is 98.3 Å². The van der Waals surface area contributed by atoms with Crippen molar-refractivity contribution in [3.8, 4) is 5.75 Å². The first-order valence-corrected chi connectivity index (χ1v) is 5.77.